The van der Waals surface area contributed by atoms with Crippen LogP contribution >= 0.6 is 22.7 Å². The molecule has 152 valence electrons. The van der Waals surface area contributed by atoms with Crippen molar-refractivity contribution in [2.75, 3.05) is 5.32 Å². The number of aromatic nitrogens is 3. The number of anilines is 1. The molecule has 4 aromatic heterocycles. The fourth-order valence-electron chi connectivity index (χ4n) is 2.96. The van der Waals surface area contributed by atoms with Crippen LogP contribution in [0, 0.1) is 0 Å². The molecule has 0 saturated heterocycles. The molecule has 0 saturated carbocycles. The Morgan fingerprint density at radius 1 is 0.935 bits per heavy atom. The van der Waals surface area contributed by atoms with Crippen molar-refractivity contribution >= 4 is 44.6 Å². The predicted octanol–water partition coefficient (Wildman–Crippen LogP) is 5.65. The van der Waals surface area contributed by atoms with Gasteiger partial charge < -0.3 is 10.1 Å². The molecule has 6 nitrogen and oxygen atoms in total. The van der Waals surface area contributed by atoms with Crippen molar-refractivity contribution in [3.63, 3.8) is 0 Å². The minimum Gasteiger partial charge on any atom is -0.485 e. The third-order valence-corrected chi connectivity index (χ3v) is 6.77. The van der Waals surface area contributed by atoms with Crippen molar-refractivity contribution in [1.29, 1.82) is 0 Å². The number of hydrogen-bond donors (Lipinski definition) is 1. The van der Waals surface area contributed by atoms with Crippen molar-refractivity contribution in [3.05, 3.63) is 89.7 Å². The highest BCUT2D eigenvalue weighted by molar-refractivity contribution is 7.26. The molecule has 5 aromatic rings. The number of fused-ring (bicyclic) bond motifs is 1. The summed E-state index contributed by atoms with van der Waals surface area (Å²) < 4.78 is 6.98. The number of rotatable bonds is 6. The lowest BCUT2D eigenvalue weighted by atomic mass is 10.3. The van der Waals surface area contributed by atoms with Gasteiger partial charge in [0, 0.05) is 18.6 Å². The Balaban J connectivity index is 1.32. The molecule has 1 amide bonds. The maximum atomic E-state index is 12.8. The SMILES string of the molecule is O=C(Nc1ncccc1OCc1ccncc1)c1ccc(-c2nc3ccccc3s2)s1. The summed E-state index contributed by atoms with van der Waals surface area (Å²) in [6.07, 6.45) is 5.05. The van der Waals surface area contributed by atoms with Gasteiger partial charge in [0.05, 0.1) is 20.0 Å². The van der Waals surface area contributed by atoms with Crippen molar-refractivity contribution in [2.24, 2.45) is 0 Å². The second kappa shape index (κ2) is 8.63. The number of carbonyl (C=O) groups is 1. The number of ether oxygens (including phenoxy) is 1. The second-order valence-electron chi connectivity index (χ2n) is 6.60. The normalized spacial score (nSPS) is 10.8. The zero-order valence-electron chi connectivity index (χ0n) is 16.2. The fourth-order valence-corrected chi connectivity index (χ4v) is 4.88. The number of nitrogens with one attached hydrogen (secondary N) is 1. The van der Waals surface area contributed by atoms with Gasteiger partial charge in [-0.1, -0.05) is 12.1 Å². The van der Waals surface area contributed by atoms with Crippen LogP contribution in [0.25, 0.3) is 20.1 Å². The maximum absolute atomic E-state index is 12.8. The monoisotopic (exact) mass is 444 g/mol. The first kappa shape index (κ1) is 19.3. The second-order valence-corrected chi connectivity index (χ2v) is 8.71. The Labute approximate surface area is 186 Å². The van der Waals surface area contributed by atoms with E-state index in [0.29, 0.717) is 23.1 Å². The Hall–Kier alpha value is -3.62. The molecular formula is C23H16N4O2S2. The average molecular weight is 445 g/mol. The van der Waals surface area contributed by atoms with Gasteiger partial charge in [-0.25, -0.2) is 9.97 Å². The lowest BCUT2D eigenvalue weighted by Gasteiger charge is -2.11. The minimum atomic E-state index is -0.232. The molecule has 5 rings (SSSR count). The number of pyridine rings is 2. The van der Waals surface area contributed by atoms with E-state index >= 15 is 0 Å². The molecule has 0 unspecified atom stereocenters. The van der Waals surface area contributed by atoms with Gasteiger partial charge in [0.2, 0.25) is 0 Å². The van der Waals surface area contributed by atoms with Crippen molar-refractivity contribution in [2.45, 2.75) is 6.61 Å². The summed E-state index contributed by atoms with van der Waals surface area (Å²) in [5.74, 6) is 0.664. The van der Waals surface area contributed by atoms with E-state index in [1.165, 1.54) is 11.3 Å². The standard InChI is InChI=1S/C23H16N4O2S2/c28-22(19-7-8-20(30-19)23-26-16-4-1-2-6-18(16)31-23)27-21-17(5-3-11-25-21)29-14-15-9-12-24-13-10-15/h1-13H,14H2,(H,25,27,28). The van der Waals surface area contributed by atoms with Crippen LogP contribution in [-0.4, -0.2) is 20.9 Å². The highest BCUT2D eigenvalue weighted by atomic mass is 32.1. The number of hydrogen-bond acceptors (Lipinski definition) is 7. The molecule has 4 heterocycles. The van der Waals surface area contributed by atoms with E-state index in [0.717, 1.165) is 25.7 Å². The first-order valence-corrected chi connectivity index (χ1v) is 11.1. The average Bonchev–Trinajstić information content (AvgIpc) is 3.46. The molecule has 0 bridgehead atoms. The van der Waals surface area contributed by atoms with Crippen molar-refractivity contribution in [3.8, 4) is 15.6 Å². The smallest absolute Gasteiger partial charge is 0.267 e. The van der Waals surface area contributed by atoms with Gasteiger partial charge in [0.1, 0.15) is 11.6 Å². The molecule has 0 fully saturated rings. The van der Waals surface area contributed by atoms with Gasteiger partial charge in [-0.3, -0.25) is 9.78 Å². The van der Waals surface area contributed by atoms with Crippen molar-refractivity contribution < 1.29 is 9.53 Å². The van der Waals surface area contributed by atoms with Crippen LogP contribution in [0.4, 0.5) is 5.82 Å². The van der Waals surface area contributed by atoms with Crippen LogP contribution in [0.15, 0.2) is 79.3 Å². The first-order valence-electron chi connectivity index (χ1n) is 9.50. The summed E-state index contributed by atoms with van der Waals surface area (Å²) in [4.78, 5) is 27.3. The third kappa shape index (κ3) is 4.30. The molecule has 0 aliphatic carbocycles. The summed E-state index contributed by atoms with van der Waals surface area (Å²) in [5, 5.41) is 3.77. The van der Waals surface area contributed by atoms with Gasteiger partial charge in [-0.2, -0.15) is 0 Å². The van der Waals surface area contributed by atoms with Gasteiger partial charge >= 0.3 is 0 Å². The molecule has 8 heteroatoms. The van der Waals surface area contributed by atoms with Crippen LogP contribution in [-0.2, 0) is 6.61 Å². The molecule has 0 aliphatic rings. The quantitative estimate of drug-likeness (QED) is 0.366. The van der Waals surface area contributed by atoms with Crippen LogP contribution in [0.3, 0.4) is 0 Å². The van der Waals surface area contributed by atoms with E-state index in [9.17, 15) is 4.79 Å². The largest absolute Gasteiger partial charge is 0.485 e. The van der Waals surface area contributed by atoms with Crippen LogP contribution in [0.5, 0.6) is 5.75 Å². The number of thiophene rings is 1. The maximum Gasteiger partial charge on any atom is 0.267 e. The number of amides is 1. The van der Waals surface area contributed by atoms with E-state index in [1.54, 1.807) is 42.1 Å². The molecule has 0 spiro atoms. The third-order valence-electron chi connectivity index (χ3n) is 4.48. The zero-order valence-corrected chi connectivity index (χ0v) is 17.8. The highest BCUT2D eigenvalue weighted by Crippen LogP contribution is 2.35. The lowest BCUT2D eigenvalue weighted by Crippen LogP contribution is -2.12. The Morgan fingerprint density at radius 3 is 2.68 bits per heavy atom. The summed E-state index contributed by atoms with van der Waals surface area (Å²) in [6, 6.07) is 19.1. The van der Waals surface area contributed by atoms with Gasteiger partial charge in [-0.05, 0) is 54.1 Å². The molecular weight excluding hydrogens is 428 g/mol. The Kier molecular flexibility index (Phi) is 5.39. The van der Waals surface area contributed by atoms with Gasteiger partial charge in [0.25, 0.3) is 5.91 Å². The van der Waals surface area contributed by atoms with Crippen molar-refractivity contribution in [1.82, 2.24) is 15.0 Å². The molecule has 0 atom stereocenters. The van der Waals surface area contributed by atoms with E-state index in [4.69, 9.17) is 4.74 Å². The van der Waals surface area contributed by atoms with E-state index in [-0.39, 0.29) is 5.91 Å². The first-order chi connectivity index (χ1) is 15.3. The van der Waals surface area contributed by atoms with Gasteiger partial charge in [-0.15, -0.1) is 22.7 Å². The molecule has 31 heavy (non-hydrogen) atoms. The Morgan fingerprint density at radius 2 is 1.81 bits per heavy atom. The van der Waals surface area contributed by atoms with Crippen LogP contribution < -0.4 is 10.1 Å². The summed E-state index contributed by atoms with van der Waals surface area (Å²) in [6.45, 7) is 0.359. The summed E-state index contributed by atoms with van der Waals surface area (Å²) in [7, 11) is 0. The van der Waals surface area contributed by atoms with Crippen LogP contribution in [0.2, 0.25) is 0 Å². The van der Waals surface area contributed by atoms with E-state index in [2.05, 4.69) is 20.3 Å². The molecule has 1 N–H and O–H groups in total. The molecule has 0 aliphatic heterocycles. The van der Waals surface area contributed by atoms with Crippen LogP contribution in [0.1, 0.15) is 15.2 Å². The number of thiazole rings is 1. The predicted molar refractivity (Wildman–Crippen MR) is 124 cm³/mol. The van der Waals surface area contributed by atoms with Gasteiger partial charge in [0.15, 0.2) is 11.6 Å². The summed E-state index contributed by atoms with van der Waals surface area (Å²) >= 11 is 3.02. The molecule has 1 aromatic carbocycles. The number of nitrogens with zero attached hydrogens (tertiary/aromatic N) is 3. The van der Waals surface area contributed by atoms with E-state index in [1.807, 2.05) is 48.5 Å². The number of para-hydroxylation sites is 1. The highest BCUT2D eigenvalue weighted by Gasteiger charge is 2.15. The number of carbonyl (C=O) groups excluding carboxylic acids is 1. The minimum absolute atomic E-state index is 0.232. The lowest BCUT2D eigenvalue weighted by molar-refractivity contribution is 0.102. The summed E-state index contributed by atoms with van der Waals surface area (Å²) in [5.41, 5.74) is 1.95. The Bertz CT molecular complexity index is 1310. The number of benzene rings is 1. The zero-order chi connectivity index (χ0) is 21.0. The fraction of sp³-hybridized carbons (Fsp3) is 0.0435. The molecule has 0 radical (unpaired) electrons. The topological polar surface area (TPSA) is 77.0 Å². The van der Waals surface area contributed by atoms with E-state index < -0.39 is 0 Å².